The first-order valence-corrected chi connectivity index (χ1v) is 8.92. The molecule has 6 nitrogen and oxygen atoms in total. The average Bonchev–Trinajstić information content (AvgIpc) is 2.76. The number of nitriles is 1. The number of rotatable bonds is 7. The van der Waals surface area contributed by atoms with E-state index in [9.17, 15) is 19.8 Å². The van der Waals surface area contributed by atoms with Crippen molar-refractivity contribution in [1.82, 2.24) is 0 Å². The fraction of sp³-hybridized carbons (Fsp3) is 0.0870. The molecule has 0 aromatic heterocycles. The van der Waals surface area contributed by atoms with Gasteiger partial charge in [-0.25, -0.2) is 4.39 Å². The topological polar surface area (TPSA) is 85.4 Å². The average molecular weight is 404 g/mol. The van der Waals surface area contributed by atoms with Crippen LogP contribution < -0.4 is 9.47 Å². The highest BCUT2D eigenvalue weighted by molar-refractivity contribution is 5.89. The Hall–Kier alpha value is -4.18. The van der Waals surface area contributed by atoms with Crippen LogP contribution in [0.1, 0.15) is 16.7 Å². The second-order valence-corrected chi connectivity index (χ2v) is 6.30. The van der Waals surface area contributed by atoms with Crippen LogP contribution in [-0.4, -0.2) is 12.0 Å². The second kappa shape index (κ2) is 9.34. The Kier molecular flexibility index (Phi) is 6.40. The molecule has 30 heavy (non-hydrogen) atoms. The number of hydrogen-bond acceptors (Lipinski definition) is 5. The van der Waals surface area contributed by atoms with Crippen LogP contribution in [0.4, 0.5) is 10.1 Å². The van der Waals surface area contributed by atoms with Crippen LogP contribution in [0.5, 0.6) is 11.5 Å². The van der Waals surface area contributed by atoms with E-state index in [-0.39, 0.29) is 12.3 Å². The third kappa shape index (κ3) is 5.00. The number of benzene rings is 3. The van der Waals surface area contributed by atoms with Crippen LogP contribution in [0.3, 0.4) is 0 Å². The lowest BCUT2D eigenvalue weighted by Gasteiger charge is -2.11. The van der Waals surface area contributed by atoms with Gasteiger partial charge in [0.2, 0.25) is 0 Å². The predicted octanol–water partition coefficient (Wildman–Crippen LogP) is 5.39. The largest absolute Gasteiger partial charge is 0.493 e. The first kappa shape index (κ1) is 20.6. The van der Waals surface area contributed by atoms with E-state index in [0.29, 0.717) is 28.2 Å². The molecule has 0 radical (unpaired) electrons. The maximum Gasteiger partial charge on any atom is 0.269 e. The monoisotopic (exact) mass is 404 g/mol. The quantitative estimate of drug-likeness (QED) is 0.228. The molecule has 0 aliphatic heterocycles. The number of nitro benzene ring substituents is 1. The van der Waals surface area contributed by atoms with Gasteiger partial charge in [0.25, 0.3) is 5.69 Å². The molecular formula is C23H17FN2O4. The fourth-order valence-electron chi connectivity index (χ4n) is 2.77. The van der Waals surface area contributed by atoms with Crippen molar-refractivity contribution in [3.05, 3.63) is 99.4 Å². The van der Waals surface area contributed by atoms with Crippen molar-refractivity contribution in [3.8, 4) is 17.6 Å². The summed E-state index contributed by atoms with van der Waals surface area (Å²) in [4.78, 5) is 10.3. The van der Waals surface area contributed by atoms with E-state index in [2.05, 4.69) is 6.07 Å². The first-order chi connectivity index (χ1) is 14.5. The van der Waals surface area contributed by atoms with Gasteiger partial charge in [0.15, 0.2) is 11.5 Å². The summed E-state index contributed by atoms with van der Waals surface area (Å²) in [6.07, 6.45) is 1.64. The van der Waals surface area contributed by atoms with E-state index < -0.39 is 10.7 Å². The molecule has 0 aliphatic carbocycles. The molecule has 3 aromatic rings. The SMILES string of the molecule is COc1cc(/C=C(/C#N)c2cccc(F)c2)ccc1OCc1ccc([N+](=O)[O-])cc1. The van der Waals surface area contributed by atoms with Crippen molar-refractivity contribution in [3.63, 3.8) is 0 Å². The number of hydrogen-bond donors (Lipinski definition) is 0. The van der Waals surface area contributed by atoms with E-state index in [4.69, 9.17) is 9.47 Å². The molecule has 0 aliphatic rings. The van der Waals surface area contributed by atoms with Crippen LogP contribution in [0.15, 0.2) is 66.7 Å². The Morgan fingerprint density at radius 1 is 1.13 bits per heavy atom. The summed E-state index contributed by atoms with van der Waals surface area (Å²) >= 11 is 0. The molecule has 0 N–H and O–H groups in total. The number of allylic oxidation sites excluding steroid dienone is 1. The number of methoxy groups -OCH3 is 1. The molecule has 0 saturated carbocycles. The van der Waals surface area contributed by atoms with Crippen molar-refractivity contribution in [2.45, 2.75) is 6.61 Å². The summed E-state index contributed by atoms with van der Waals surface area (Å²) < 4.78 is 24.6. The Labute approximate surface area is 172 Å². The van der Waals surface area contributed by atoms with Crippen LogP contribution in [0, 0.1) is 27.3 Å². The van der Waals surface area contributed by atoms with Gasteiger partial charge in [-0.2, -0.15) is 5.26 Å². The third-order valence-electron chi connectivity index (χ3n) is 4.30. The summed E-state index contributed by atoms with van der Waals surface area (Å²) in [5.74, 6) is 0.528. The number of nitro groups is 1. The number of non-ortho nitro benzene ring substituents is 1. The molecule has 0 atom stereocenters. The molecule has 0 fully saturated rings. The summed E-state index contributed by atoms with van der Waals surface area (Å²) in [6, 6.07) is 19.2. The minimum absolute atomic E-state index is 0.0130. The molecular weight excluding hydrogens is 387 g/mol. The smallest absolute Gasteiger partial charge is 0.269 e. The maximum absolute atomic E-state index is 13.5. The van der Waals surface area contributed by atoms with Gasteiger partial charge in [0.1, 0.15) is 12.4 Å². The minimum atomic E-state index is -0.459. The van der Waals surface area contributed by atoms with Gasteiger partial charge in [-0.15, -0.1) is 0 Å². The van der Waals surface area contributed by atoms with Crippen molar-refractivity contribution in [2.24, 2.45) is 0 Å². The Bertz CT molecular complexity index is 1130. The van der Waals surface area contributed by atoms with Crippen molar-refractivity contribution in [2.75, 3.05) is 7.11 Å². The van der Waals surface area contributed by atoms with E-state index in [0.717, 1.165) is 5.56 Å². The summed E-state index contributed by atoms with van der Waals surface area (Å²) in [5, 5.41) is 20.2. The maximum atomic E-state index is 13.5. The molecule has 0 heterocycles. The van der Waals surface area contributed by atoms with Crippen molar-refractivity contribution >= 4 is 17.3 Å². The highest BCUT2D eigenvalue weighted by Crippen LogP contribution is 2.30. The van der Waals surface area contributed by atoms with Gasteiger partial charge in [-0.3, -0.25) is 10.1 Å². The van der Waals surface area contributed by atoms with E-state index in [1.54, 1.807) is 48.5 Å². The van der Waals surface area contributed by atoms with E-state index in [1.165, 1.54) is 31.4 Å². The molecule has 3 aromatic carbocycles. The van der Waals surface area contributed by atoms with Gasteiger partial charge < -0.3 is 9.47 Å². The van der Waals surface area contributed by atoms with Gasteiger partial charge in [-0.1, -0.05) is 18.2 Å². The summed E-state index contributed by atoms with van der Waals surface area (Å²) in [6.45, 7) is 0.205. The lowest BCUT2D eigenvalue weighted by molar-refractivity contribution is -0.384. The van der Waals surface area contributed by atoms with Crippen LogP contribution >= 0.6 is 0 Å². The molecule has 0 saturated heterocycles. The van der Waals surface area contributed by atoms with Crippen LogP contribution in [0.2, 0.25) is 0 Å². The summed E-state index contributed by atoms with van der Waals surface area (Å²) in [7, 11) is 1.50. The normalized spacial score (nSPS) is 10.9. The fourth-order valence-corrected chi connectivity index (χ4v) is 2.77. The zero-order valence-electron chi connectivity index (χ0n) is 16.0. The molecule has 0 unspecified atom stereocenters. The van der Waals surface area contributed by atoms with Crippen molar-refractivity contribution < 1.29 is 18.8 Å². The van der Waals surface area contributed by atoms with Crippen LogP contribution in [0.25, 0.3) is 11.6 Å². The lowest BCUT2D eigenvalue weighted by Crippen LogP contribution is -1.98. The number of nitrogens with zero attached hydrogens (tertiary/aromatic N) is 2. The Morgan fingerprint density at radius 2 is 1.90 bits per heavy atom. The van der Waals surface area contributed by atoms with Gasteiger partial charge in [0, 0.05) is 12.1 Å². The molecule has 0 amide bonds. The molecule has 150 valence electrons. The Morgan fingerprint density at radius 3 is 2.53 bits per heavy atom. The number of ether oxygens (including phenoxy) is 2. The van der Waals surface area contributed by atoms with E-state index >= 15 is 0 Å². The molecule has 7 heteroatoms. The third-order valence-corrected chi connectivity index (χ3v) is 4.30. The van der Waals surface area contributed by atoms with Gasteiger partial charge >= 0.3 is 0 Å². The number of halogens is 1. The summed E-state index contributed by atoms with van der Waals surface area (Å²) in [5.41, 5.74) is 2.27. The first-order valence-electron chi connectivity index (χ1n) is 8.92. The second-order valence-electron chi connectivity index (χ2n) is 6.30. The van der Waals surface area contributed by atoms with E-state index in [1.807, 2.05) is 0 Å². The highest BCUT2D eigenvalue weighted by Gasteiger charge is 2.09. The van der Waals surface area contributed by atoms with Gasteiger partial charge in [-0.05, 0) is 59.2 Å². The zero-order valence-corrected chi connectivity index (χ0v) is 16.0. The predicted molar refractivity (Wildman–Crippen MR) is 110 cm³/mol. The molecule has 0 bridgehead atoms. The standard InChI is InChI=1S/C23H17FN2O4/c1-29-23-12-17(11-19(14-25)18-3-2-4-20(24)13-18)7-10-22(23)30-15-16-5-8-21(9-6-16)26(27)28/h2-13H,15H2,1H3/b19-11-. The molecule has 0 spiro atoms. The highest BCUT2D eigenvalue weighted by atomic mass is 19.1. The van der Waals surface area contributed by atoms with Crippen LogP contribution in [-0.2, 0) is 6.61 Å². The lowest BCUT2D eigenvalue weighted by atomic mass is 10.0. The Balaban J connectivity index is 1.79. The molecule has 3 rings (SSSR count). The van der Waals surface area contributed by atoms with Gasteiger partial charge in [0.05, 0.1) is 23.7 Å². The minimum Gasteiger partial charge on any atom is -0.493 e. The zero-order chi connectivity index (χ0) is 21.5. The van der Waals surface area contributed by atoms with Crippen molar-refractivity contribution in [1.29, 1.82) is 5.26 Å².